The zero-order chi connectivity index (χ0) is 22.1. The van der Waals surface area contributed by atoms with Gasteiger partial charge in [-0.1, -0.05) is 12.1 Å². The monoisotopic (exact) mass is 427 g/mol. The third-order valence-electron chi connectivity index (χ3n) is 5.89. The van der Waals surface area contributed by atoms with Crippen LogP contribution in [0.25, 0.3) is 11.0 Å². The Kier molecular flexibility index (Phi) is 5.15. The van der Waals surface area contributed by atoms with Crippen molar-refractivity contribution in [1.29, 1.82) is 0 Å². The van der Waals surface area contributed by atoms with Crippen LogP contribution in [-0.4, -0.2) is 29.7 Å². The number of H-pyrrole nitrogens is 1. The van der Waals surface area contributed by atoms with Crippen LogP contribution in [0.4, 0.5) is 21.9 Å². The second-order valence-corrected chi connectivity index (χ2v) is 7.97. The van der Waals surface area contributed by atoms with Gasteiger partial charge >= 0.3 is 6.03 Å². The van der Waals surface area contributed by atoms with Gasteiger partial charge in [0.25, 0.3) is 0 Å². The smallest absolute Gasteiger partial charge is 0.323 e. The van der Waals surface area contributed by atoms with Crippen LogP contribution in [0, 0.1) is 6.92 Å². The fraction of sp³-hybridized carbons (Fsp3) is 0.200. The van der Waals surface area contributed by atoms with E-state index in [2.05, 4.69) is 43.7 Å². The number of benzene rings is 2. The highest BCUT2D eigenvalue weighted by Crippen LogP contribution is 2.35. The molecule has 0 saturated carbocycles. The molecule has 5 rings (SSSR count). The molecule has 32 heavy (non-hydrogen) atoms. The van der Waals surface area contributed by atoms with E-state index in [9.17, 15) is 4.79 Å². The number of amides is 2. The van der Waals surface area contributed by atoms with Crippen LogP contribution >= 0.6 is 0 Å². The molecular formula is C25H25N5O2. The first-order valence-corrected chi connectivity index (χ1v) is 10.6. The molecule has 3 heterocycles. The van der Waals surface area contributed by atoms with Crippen molar-refractivity contribution in [2.75, 3.05) is 29.2 Å². The summed E-state index contributed by atoms with van der Waals surface area (Å²) in [6.07, 6.45) is 4.64. The van der Waals surface area contributed by atoms with Crippen molar-refractivity contribution in [3.63, 3.8) is 0 Å². The summed E-state index contributed by atoms with van der Waals surface area (Å²) in [7, 11) is 1.59. The normalized spacial score (nSPS) is 12.6. The highest BCUT2D eigenvalue weighted by Gasteiger charge is 2.23. The lowest BCUT2D eigenvalue weighted by Gasteiger charge is -2.20. The Morgan fingerprint density at radius 1 is 1.16 bits per heavy atom. The van der Waals surface area contributed by atoms with Crippen molar-refractivity contribution in [2.45, 2.75) is 19.9 Å². The van der Waals surface area contributed by atoms with Crippen LogP contribution in [0.15, 0.2) is 60.9 Å². The number of hydrogen-bond acceptors (Lipinski definition) is 4. The van der Waals surface area contributed by atoms with Crippen LogP contribution in [0.1, 0.15) is 16.7 Å². The lowest BCUT2D eigenvalue weighted by molar-refractivity contribution is 0.262. The van der Waals surface area contributed by atoms with Crippen molar-refractivity contribution in [2.24, 2.45) is 0 Å². The number of fused-ring (bicyclic) bond motifs is 2. The summed E-state index contributed by atoms with van der Waals surface area (Å²) in [4.78, 5) is 22.7. The van der Waals surface area contributed by atoms with Crippen LogP contribution in [-0.2, 0) is 13.0 Å². The van der Waals surface area contributed by atoms with Crippen molar-refractivity contribution in [1.82, 2.24) is 9.97 Å². The summed E-state index contributed by atoms with van der Waals surface area (Å²) in [5, 5.41) is 7.08. The molecule has 0 atom stereocenters. The van der Waals surface area contributed by atoms with E-state index in [0.29, 0.717) is 11.4 Å². The van der Waals surface area contributed by atoms with Crippen molar-refractivity contribution < 1.29 is 9.53 Å². The fourth-order valence-electron chi connectivity index (χ4n) is 4.34. The highest BCUT2D eigenvalue weighted by molar-refractivity contribution is 6.01. The van der Waals surface area contributed by atoms with Crippen molar-refractivity contribution in [3.05, 3.63) is 77.6 Å². The number of nitrogens with zero attached hydrogens (tertiary/aromatic N) is 2. The Morgan fingerprint density at radius 3 is 2.91 bits per heavy atom. The second-order valence-electron chi connectivity index (χ2n) is 7.97. The molecule has 0 unspecified atom stereocenters. The molecule has 0 aliphatic carbocycles. The molecule has 162 valence electrons. The molecule has 0 fully saturated rings. The van der Waals surface area contributed by atoms with E-state index < -0.39 is 0 Å². The van der Waals surface area contributed by atoms with Gasteiger partial charge in [-0.3, -0.25) is 0 Å². The zero-order valence-corrected chi connectivity index (χ0v) is 18.1. The van der Waals surface area contributed by atoms with E-state index in [1.807, 2.05) is 49.6 Å². The van der Waals surface area contributed by atoms with E-state index in [0.717, 1.165) is 53.0 Å². The first-order chi connectivity index (χ1) is 15.6. The van der Waals surface area contributed by atoms with Crippen molar-refractivity contribution >= 4 is 34.1 Å². The summed E-state index contributed by atoms with van der Waals surface area (Å²) in [5.41, 5.74) is 6.95. The Labute approximate surface area is 186 Å². The number of aryl methyl sites for hydroxylation is 1. The van der Waals surface area contributed by atoms with Crippen LogP contribution in [0.2, 0.25) is 0 Å². The minimum atomic E-state index is -0.288. The maximum absolute atomic E-state index is 12.7. The fourth-order valence-corrected chi connectivity index (χ4v) is 4.34. The molecule has 0 radical (unpaired) electrons. The van der Waals surface area contributed by atoms with Gasteiger partial charge in [-0.25, -0.2) is 9.78 Å². The molecule has 7 nitrogen and oxygen atoms in total. The van der Waals surface area contributed by atoms with E-state index in [-0.39, 0.29) is 6.03 Å². The largest absolute Gasteiger partial charge is 0.495 e. The summed E-state index contributed by atoms with van der Waals surface area (Å²) in [6, 6.07) is 15.6. The Bertz CT molecular complexity index is 1300. The first kappa shape index (κ1) is 19.9. The molecule has 2 aromatic carbocycles. The summed E-state index contributed by atoms with van der Waals surface area (Å²) < 4.78 is 5.36. The Balaban J connectivity index is 1.35. The van der Waals surface area contributed by atoms with E-state index in [1.165, 1.54) is 5.56 Å². The molecule has 2 aromatic heterocycles. The lowest BCUT2D eigenvalue weighted by Crippen LogP contribution is -2.21. The molecule has 1 aliphatic heterocycles. The molecule has 3 N–H and O–H groups in total. The number of urea groups is 1. The average Bonchev–Trinajstić information content (AvgIpc) is 3.42. The van der Waals surface area contributed by atoms with E-state index in [4.69, 9.17) is 4.74 Å². The van der Waals surface area contributed by atoms with E-state index >= 15 is 0 Å². The molecule has 1 aliphatic rings. The summed E-state index contributed by atoms with van der Waals surface area (Å²) in [5.74, 6) is 0.628. The average molecular weight is 428 g/mol. The molecule has 7 heteroatoms. The van der Waals surface area contributed by atoms with Gasteiger partial charge in [0.1, 0.15) is 11.4 Å². The van der Waals surface area contributed by atoms with Crippen LogP contribution < -0.4 is 20.3 Å². The zero-order valence-electron chi connectivity index (χ0n) is 18.1. The molecule has 4 aromatic rings. The number of methoxy groups -OCH3 is 1. The quantitative estimate of drug-likeness (QED) is 0.414. The molecule has 0 spiro atoms. The van der Waals surface area contributed by atoms with Gasteiger partial charge in [0.2, 0.25) is 0 Å². The van der Waals surface area contributed by atoms with Gasteiger partial charge in [-0.2, -0.15) is 0 Å². The van der Waals surface area contributed by atoms with E-state index in [1.54, 1.807) is 7.11 Å². The topological polar surface area (TPSA) is 82.3 Å². The maximum Gasteiger partial charge on any atom is 0.323 e. The van der Waals surface area contributed by atoms with Crippen LogP contribution in [0.5, 0.6) is 5.75 Å². The number of nitrogens with one attached hydrogen (secondary N) is 3. The third-order valence-corrected chi connectivity index (χ3v) is 5.89. The number of aromatic nitrogens is 2. The van der Waals surface area contributed by atoms with Crippen LogP contribution in [0.3, 0.4) is 0 Å². The number of carbonyl (C=O) groups excluding carboxylic acids is 1. The lowest BCUT2D eigenvalue weighted by atomic mass is 10.1. The number of carbonyl (C=O) groups is 1. The highest BCUT2D eigenvalue weighted by atomic mass is 16.5. The second kappa shape index (κ2) is 8.26. The maximum atomic E-state index is 12.7. The molecule has 0 saturated heterocycles. The van der Waals surface area contributed by atoms with Gasteiger partial charge in [0.05, 0.1) is 12.8 Å². The number of aromatic amines is 1. The standard InChI is InChI=1S/C25H25N5O2/c1-16-6-7-23(32-2)21(14-16)29-25(31)28-20-4-3-5-22-19(20)10-13-30(22)15-17-8-11-26-24-18(17)9-12-27-24/h3-9,11-12,14H,10,13,15H2,1-2H3,(H,26,27)(H2,28,29,31). The minimum Gasteiger partial charge on any atom is -0.495 e. The predicted octanol–water partition coefficient (Wildman–Crippen LogP) is 5.09. The van der Waals surface area contributed by atoms with Gasteiger partial charge < -0.3 is 25.3 Å². The van der Waals surface area contributed by atoms with Gasteiger partial charge in [0.15, 0.2) is 0 Å². The summed E-state index contributed by atoms with van der Waals surface area (Å²) in [6.45, 7) is 3.67. The Morgan fingerprint density at radius 2 is 2.03 bits per heavy atom. The number of rotatable bonds is 5. The molecule has 0 bridgehead atoms. The number of anilines is 3. The molecule has 2 amide bonds. The SMILES string of the molecule is COc1ccc(C)cc1NC(=O)Nc1cccc2c1CCN2Cc1ccnc2[nH]ccc12. The number of ether oxygens (including phenoxy) is 1. The number of hydrogen-bond donors (Lipinski definition) is 3. The first-order valence-electron chi connectivity index (χ1n) is 10.6. The Hall–Kier alpha value is -4.00. The minimum absolute atomic E-state index is 0.288. The van der Waals surface area contributed by atoms with Gasteiger partial charge in [-0.05, 0) is 60.9 Å². The van der Waals surface area contributed by atoms with Gasteiger partial charge in [0, 0.05) is 47.8 Å². The third kappa shape index (κ3) is 3.73. The molecular weight excluding hydrogens is 402 g/mol. The summed E-state index contributed by atoms with van der Waals surface area (Å²) >= 11 is 0. The predicted molar refractivity (Wildman–Crippen MR) is 128 cm³/mol. The van der Waals surface area contributed by atoms with Gasteiger partial charge in [-0.15, -0.1) is 0 Å². The van der Waals surface area contributed by atoms with Crippen molar-refractivity contribution in [3.8, 4) is 5.75 Å². The number of pyridine rings is 1.